The van der Waals surface area contributed by atoms with E-state index in [2.05, 4.69) is 47.9 Å². The lowest BCUT2D eigenvalue weighted by Crippen LogP contribution is -2.27. The summed E-state index contributed by atoms with van der Waals surface area (Å²) in [5, 5.41) is 7.99. The molecule has 1 aliphatic carbocycles. The van der Waals surface area contributed by atoms with Crippen LogP contribution in [-0.4, -0.2) is 12.4 Å². The minimum absolute atomic E-state index is 0.128. The van der Waals surface area contributed by atoms with Gasteiger partial charge in [0.05, 0.1) is 24.0 Å². The van der Waals surface area contributed by atoms with Gasteiger partial charge in [0.15, 0.2) is 17.3 Å². The number of benzene rings is 4. The summed E-state index contributed by atoms with van der Waals surface area (Å²) in [5.41, 5.74) is 8.03. The first kappa shape index (κ1) is 27.0. The molecule has 0 saturated heterocycles. The number of rotatable bonds is 7. The highest BCUT2D eigenvalue weighted by Crippen LogP contribution is 2.45. The minimum atomic E-state index is -0.336. The molecule has 0 unspecified atom stereocenters. The number of fused-ring (bicyclic) bond motifs is 1. The lowest BCUT2D eigenvalue weighted by atomic mass is 9.78. The predicted molar refractivity (Wildman–Crippen MR) is 165 cm³/mol. The van der Waals surface area contributed by atoms with Crippen molar-refractivity contribution in [2.24, 2.45) is 0 Å². The Bertz CT molecular complexity index is 1600. The van der Waals surface area contributed by atoms with Crippen molar-refractivity contribution < 1.29 is 14.3 Å². The molecule has 2 atom stereocenters. The molecule has 1 heterocycles. The largest absolute Gasteiger partial charge is 0.490 e. The van der Waals surface area contributed by atoms with E-state index in [4.69, 9.17) is 21.1 Å². The van der Waals surface area contributed by atoms with Gasteiger partial charge in [0.2, 0.25) is 0 Å². The van der Waals surface area contributed by atoms with Gasteiger partial charge in [-0.2, -0.15) is 0 Å². The number of hydrogen-bond donors (Lipinski definition) is 2. The van der Waals surface area contributed by atoms with Crippen LogP contribution in [0.3, 0.4) is 0 Å². The number of allylic oxidation sites excluding steroid dienone is 1. The summed E-state index contributed by atoms with van der Waals surface area (Å²) in [6.45, 7) is 4.93. The van der Waals surface area contributed by atoms with Crippen molar-refractivity contribution in [3.8, 4) is 11.5 Å². The number of nitrogens with one attached hydrogen (secondary N) is 2. The Kier molecular flexibility index (Phi) is 7.71. The lowest BCUT2D eigenvalue weighted by Gasteiger charge is -2.30. The molecule has 0 spiro atoms. The number of carbonyl (C=O) groups is 1. The lowest BCUT2D eigenvalue weighted by molar-refractivity contribution is -0.116. The third-order valence-electron chi connectivity index (χ3n) is 7.77. The summed E-state index contributed by atoms with van der Waals surface area (Å²) in [5.74, 6) is 1.58. The van der Waals surface area contributed by atoms with Gasteiger partial charge in [0.25, 0.3) is 0 Å². The van der Waals surface area contributed by atoms with Crippen LogP contribution in [0.1, 0.15) is 54.0 Å². The molecular formula is C35H33ClN2O3. The van der Waals surface area contributed by atoms with Gasteiger partial charge in [0.1, 0.15) is 6.61 Å². The van der Waals surface area contributed by atoms with Crippen molar-refractivity contribution >= 4 is 28.8 Å². The van der Waals surface area contributed by atoms with E-state index in [-0.39, 0.29) is 17.7 Å². The van der Waals surface area contributed by atoms with Crippen LogP contribution in [0, 0.1) is 6.92 Å². The Labute approximate surface area is 246 Å². The molecule has 0 fully saturated rings. The van der Waals surface area contributed by atoms with Gasteiger partial charge < -0.3 is 20.1 Å². The van der Waals surface area contributed by atoms with E-state index < -0.39 is 0 Å². The molecule has 2 N–H and O–H groups in total. The molecule has 0 saturated carbocycles. The third-order valence-corrected chi connectivity index (χ3v) is 8.02. The number of ketones is 1. The van der Waals surface area contributed by atoms with E-state index in [0.29, 0.717) is 36.2 Å². The maximum absolute atomic E-state index is 13.9. The SMILES string of the molecule is CCOc1cc([C@@H]2Nc3ccccc3NC3=C2C(=O)C[C@@H](c2ccc(C)cc2)C3)ccc1OCc1ccc(Cl)cc1. The zero-order chi connectivity index (χ0) is 28.3. The number of para-hydroxylation sites is 2. The molecule has 2 aliphatic rings. The van der Waals surface area contributed by atoms with Gasteiger partial charge in [0, 0.05) is 22.7 Å². The smallest absolute Gasteiger partial charge is 0.163 e. The second-order valence-corrected chi connectivity index (χ2v) is 11.1. The average molecular weight is 565 g/mol. The quantitative estimate of drug-likeness (QED) is 0.235. The Morgan fingerprint density at radius 2 is 1.56 bits per heavy atom. The molecule has 1 aliphatic heterocycles. The summed E-state index contributed by atoms with van der Waals surface area (Å²) in [4.78, 5) is 13.9. The highest BCUT2D eigenvalue weighted by molar-refractivity contribution is 6.30. The molecule has 208 valence electrons. The molecular weight excluding hydrogens is 532 g/mol. The standard InChI is InChI=1S/C35H33ClN2O3/c1-3-40-33-20-25(14-17-32(33)41-21-23-10-15-27(36)16-11-23)35-34-30(37-28-6-4-5-7-29(28)38-35)18-26(19-31(34)39)24-12-8-22(2)9-13-24/h4-17,20,26,35,37-38H,3,18-19,21H2,1-2H3/t26-,35-/m0/s1. The normalized spacial score (nSPS) is 18.0. The molecule has 4 aromatic carbocycles. The highest BCUT2D eigenvalue weighted by Gasteiger charge is 2.36. The van der Waals surface area contributed by atoms with Crippen molar-refractivity contribution in [1.82, 2.24) is 0 Å². The van der Waals surface area contributed by atoms with Crippen LogP contribution in [0.15, 0.2) is 102 Å². The molecule has 0 radical (unpaired) electrons. The molecule has 0 amide bonds. The van der Waals surface area contributed by atoms with Gasteiger partial charge in [-0.05, 0) is 79.3 Å². The van der Waals surface area contributed by atoms with E-state index in [1.54, 1.807) is 0 Å². The van der Waals surface area contributed by atoms with Crippen LogP contribution in [0.25, 0.3) is 0 Å². The van der Waals surface area contributed by atoms with Gasteiger partial charge >= 0.3 is 0 Å². The van der Waals surface area contributed by atoms with E-state index >= 15 is 0 Å². The fourth-order valence-electron chi connectivity index (χ4n) is 5.65. The van der Waals surface area contributed by atoms with Crippen molar-refractivity contribution in [3.05, 3.63) is 130 Å². The Morgan fingerprint density at radius 3 is 2.32 bits per heavy atom. The van der Waals surface area contributed by atoms with Crippen LogP contribution in [0.5, 0.6) is 11.5 Å². The molecule has 6 rings (SSSR count). The fourth-order valence-corrected chi connectivity index (χ4v) is 5.78. The van der Waals surface area contributed by atoms with Crippen molar-refractivity contribution in [2.75, 3.05) is 17.2 Å². The van der Waals surface area contributed by atoms with Crippen molar-refractivity contribution in [2.45, 2.75) is 45.3 Å². The second kappa shape index (κ2) is 11.7. The summed E-state index contributed by atoms with van der Waals surface area (Å²) in [6, 6.07) is 29.9. The van der Waals surface area contributed by atoms with Gasteiger partial charge in [-0.15, -0.1) is 0 Å². The fraction of sp³-hybridized carbons (Fsp3) is 0.229. The van der Waals surface area contributed by atoms with Gasteiger partial charge in [-0.25, -0.2) is 0 Å². The van der Waals surface area contributed by atoms with Crippen LogP contribution in [0.4, 0.5) is 11.4 Å². The number of aryl methyl sites for hydroxylation is 1. The summed E-state index contributed by atoms with van der Waals surface area (Å²) in [7, 11) is 0. The van der Waals surface area contributed by atoms with E-state index in [9.17, 15) is 4.79 Å². The maximum Gasteiger partial charge on any atom is 0.163 e. The molecule has 41 heavy (non-hydrogen) atoms. The maximum atomic E-state index is 13.9. The molecule has 6 heteroatoms. The first-order valence-corrected chi connectivity index (χ1v) is 14.5. The Hall–Kier alpha value is -4.22. The number of Topliss-reactive ketones (excluding diaryl/α,β-unsaturated/α-hetero) is 1. The number of hydrogen-bond acceptors (Lipinski definition) is 5. The zero-order valence-corrected chi connectivity index (χ0v) is 24.0. The van der Waals surface area contributed by atoms with Crippen LogP contribution < -0.4 is 20.1 Å². The molecule has 4 aromatic rings. The monoisotopic (exact) mass is 564 g/mol. The topological polar surface area (TPSA) is 59.6 Å². The first-order valence-electron chi connectivity index (χ1n) is 14.1. The Balaban J connectivity index is 1.36. The number of ether oxygens (including phenoxy) is 2. The Morgan fingerprint density at radius 1 is 0.829 bits per heavy atom. The van der Waals surface area contributed by atoms with Crippen molar-refractivity contribution in [3.63, 3.8) is 0 Å². The van der Waals surface area contributed by atoms with Crippen molar-refractivity contribution in [1.29, 1.82) is 0 Å². The molecule has 0 bridgehead atoms. The van der Waals surface area contributed by atoms with E-state index in [1.807, 2.05) is 67.6 Å². The average Bonchev–Trinajstić information content (AvgIpc) is 3.15. The van der Waals surface area contributed by atoms with Crippen LogP contribution in [-0.2, 0) is 11.4 Å². The summed E-state index contributed by atoms with van der Waals surface area (Å²) in [6.07, 6.45) is 1.23. The van der Waals surface area contributed by atoms with Gasteiger partial charge in [-0.1, -0.05) is 71.8 Å². The third kappa shape index (κ3) is 5.82. The number of halogens is 1. The van der Waals surface area contributed by atoms with Gasteiger partial charge in [-0.3, -0.25) is 4.79 Å². The second-order valence-electron chi connectivity index (χ2n) is 10.6. The highest BCUT2D eigenvalue weighted by atomic mass is 35.5. The predicted octanol–water partition coefficient (Wildman–Crippen LogP) is 8.61. The van der Waals surface area contributed by atoms with Crippen LogP contribution in [0.2, 0.25) is 5.02 Å². The zero-order valence-electron chi connectivity index (χ0n) is 23.2. The summed E-state index contributed by atoms with van der Waals surface area (Å²) >= 11 is 6.03. The minimum Gasteiger partial charge on any atom is -0.490 e. The summed E-state index contributed by atoms with van der Waals surface area (Å²) < 4.78 is 12.2. The molecule has 0 aromatic heterocycles. The van der Waals surface area contributed by atoms with E-state index in [1.165, 1.54) is 11.1 Å². The number of carbonyl (C=O) groups excluding carboxylic acids is 1. The number of anilines is 2. The molecule has 5 nitrogen and oxygen atoms in total. The van der Waals surface area contributed by atoms with Crippen LogP contribution >= 0.6 is 11.6 Å². The van der Waals surface area contributed by atoms with E-state index in [0.717, 1.165) is 40.2 Å². The first-order chi connectivity index (χ1) is 20.0.